The maximum absolute atomic E-state index is 13.4. The van der Waals surface area contributed by atoms with E-state index in [9.17, 15) is 18.8 Å². The Morgan fingerprint density at radius 2 is 1.97 bits per heavy atom. The average molecular weight is 472 g/mol. The van der Waals surface area contributed by atoms with E-state index in [1.54, 1.807) is 52.4 Å². The average Bonchev–Trinajstić information content (AvgIpc) is 3.32. The van der Waals surface area contributed by atoms with E-state index in [0.29, 0.717) is 12.2 Å². The maximum Gasteiger partial charge on any atom is 0.334 e. The zero-order valence-electron chi connectivity index (χ0n) is 19.4. The minimum Gasteiger partial charge on any atom is -0.467 e. The molecule has 1 N–H and O–H groups in total. The van der Waals surface area contributed by atoms with Crippen LogP contribution in [0.2, 0.25) is 0 Å². The number of carbonyl (C=O) groups is 3. The number of halogens is 1. The largest absolute Gasteiger partial charge is 0.467 e. The topological polar surface area (TPSA) is 89.3 Å². The summed E-state index contributed by atoms with van der Waals surface area (Å²) in [5.74, 6) is -0.0201. The minimum absolute atomic E-state index is 0.00540. The van der Waals surface area contributed by atoms with Crippen molar-refractivity contribution < 1.29 is 23.2 Å². The van der Waals surface area contributed by atoms with Crippen LogP contribution in [-0.2, 0) is 22.7 Å². The molecule has 2 aliphatic heterocycles. The molecule has 2 saturated heterocycles. The number of rotatable bonds is 7. The van der Waals surface area contributed by atoms with E-state index in [1.807, 2.05) is 6.92 Å². The second-order valence-electron chi connectivity index (χ2n) is 8.68. The van der Waals surface area contributed by atoms with E-state index in [4.69, 9.17) is 4.42 Å². The molecule has 4 rings (SSSR count). The summed E-state index contributed by atoms with van der Waals surface area (Å²) in [7, 11) is 1.68. The SMILES string of the molecule is CCCC[C@H]1C(=O)N(Cc2ccco2)C[C@H]2N1C(=O)CN(C)N2C(=O)NCc1ccc(F)cc1. The van der Waals surface area contributed by atoms with Crippen molar-refractivity contribution in [2.45, 2.75) is 51.5 Å². The highest BCUT2D eigenvalue weighted by Gasteiger charge is 2.50. The van der Waals surface area contributed by atoms with Gasteiger partial charge in [-0.3, -0.25) is 9.59 Å². The highest BCUT2D eigenvalue weighted by Crippen LogP contribution is 2.29. The van der Waals surface area contributed by atoms with Gasteiger partial charge in [0.2, 0.25) is 11.8 Å². The number of hydrogen-bond donors (Lipinski definition) is 1. The standard InChI is InChI=1S/C24H30FN5O4/c1-3-4-7-20-23(32)28(14-19-6-5-12-34-19)15-21-29(20)22(31)16-27(2)30(21)24(33)26-13-17-8-10-18(25)11-9-17/h5-6,8-12,20-21H,3-4,7,13-16H2,1-2H3,(H,26,33)/t20-,21-/m0/s1. The zero-order valence-corrected chi connectivity index (χ0v) is 19.4. The van der Waals surface area contributed by atoms with Crippen LogP contribution in [0.15, 0.2) is 47.1 Å². The number of carbonyl (C=O) groups excluding carboxylic acids is 3. The van der Waals surface area contributed by atoms with E-state index in [1.165, 1.54) is 17.1 Å². The molecular formula is C24H30FN5O4. The van der Waals surface area contributed by atoms with Crippen LogP contribution in [0, 0.1) is 5.82 Å². The lowest BCUT2D eigenvalue weighted by Gasteiger charge is -2.54. The Kier molecular flexibility index (Phi) is 7.16. The molecule has 1 aromatic carbocycles. The Morgan fingerprint density at radius 3 is 2.65 bits per heavy atom. The molecule has 4 amide bonds. The van der Waals surface area contributed by atoms with Gasteiger partial charge in [-0.25, -0.2) is 19.2 Å². The van der Waals surface area contributed by atoms with Crippen LogP contribution >= 0.6 is 0 Å². The van der Waals surface area contributed by atoms with Crippen molar-refractivity contribution in [3.8, 4) is 0 Å². The lowest BCUT2D eigenvalue weighted by atomic mass is 10.0. The molecule has 0 bridgehead atoms. The molecule has 0 aliphatic carbocycles. The molecule has 3 heterocycles. The number of fused-ring (bicyclic) bond motifs is 1. The van der Waals surface area contributed by atoms with Crippen LogP contribution in [0.5, 0.6) is 0 Å². The third-order valence-electron chi connectivity index (χ3n) is 6.26. The van der Waals surface area contributed by atoms with Gasteiger partial charge in [0.25, 0.3) is 0 Å². The minimum atomic E-state index is -0.644. The quantitative estimate of drug-likeness (QED) is 0.671. The number of nitrogens with one attached hydrogen (secondary N) is 1. The fourth-order valence-corrected chi connectivity index (χ4v) is 4.57. The Morgan fingerprint density at radius 1 is 1.21 bits per heavy atom. The normalized spacial score (nSPS) is 21.1. The van der Waals surface area contributed by atoms with Crippen molar-refractivity contribution in [2.75, 3.05) is 20.1 Å². The summed E-state index contributed by atoms with van der Waals surface area (Å²) in [5, 5.41) is 5.95. The summed E-state index contributed by atoms with van der Waals surface area (Å²) in [6, 6.07) is 8.42. The number of urea groups is 1. The zero-order chi connectivity index (χ0) is 24.2. The van der Waals surface area contributed by atoms with Gasteiger partial charge in [0.15, 0.2) is 0 Å². The van der Waals surface area contributed by atoms with Gasteiger partial charge in [0.05, 0.1) is 25.9 Å². The summed E-state index contributed by atoms with van der Waals surface area (Å²) >= 11 is 0. The predicted octanol–water partition coefficient (Wildman–Crippen LogP) is 2.55. The van der Waals surface area contributed by atoms with Crippen LogP contribution in [0.1, 0.15) is 37.5 Å². The molecule has 9 nitrogen and oxygen atoms in total. The second-order valence-corrected chi connectivity index (χ2v) is 8.68. The number of benzene rings is 1. The molecule has 0 radical (unpaired) electrons. The molecular weight excluding hydrogens is 441 g/mol. The Labute approximate surface area is 198 Å². The van der Waals surface area contributed by atoms with Gasteiger partial charge in [0.1, 0.15) is 23.8 Å². The van der Waals surface area contributed by atoms with Crippen molar-refractivity contribution in [1.82, 2.24) is 25.1 Å². The number of hydrogen-bond acceptors (Lipinski definition) is 5. The number of likely N-dealkylation sites (N-methyl/N-ethyl adjacent to an activating group) is 1. The molecule has 34 heavy (non-hydrogen) atoms. The molecule has 0 saturated carbocycles. The summed E-state index contributed by atoms with van der Waals surface area (Å²) in [6.07, 6.45) is 3.11. The van der Waals surface area contributed by atoms with Gasteiger partial charge in [-0.1, -0.05) is 31.9 Å². The van der Waals surface area contributed by atoms with Gasteiger partial charge >= 0.3 is 6.03 Å². The van der Waals surface area contributed by atoms with Gasteiger partial charge in [-0.15, -0.1) is 0 Å². The van der Waals surface area contributed by atoms with Crippen LogP contribution in [0.4, 0.5) is 9.18 Å². The van der Waals surface area contributed by atoms with Crippen molar-refractivity contribution in [3.05, 3.63) is 59.8 Å². The number of unbranched alkanes of at least 4 members (excludes halogenated alkanes) is 1. The molecule has 0 unspecified atom stereocenters. The number of piperazine rings is 1. The summed E-state index contributed by atoms with van der Waals surface area (Å²) in [6.45, 7) is 2.67. The molecule has 2 fully saturated rings. The summed E-state index contributed by atoms with van der Waals surface area (Å²) in [5.41, 5.74) is 0.751. The van der Waals surface area contributed by atoms with Crippen molar-refractivity contribution in [1.29, 1.82) is 0 Å². The molecule has 2 aliphatic rings. The predicted molar refractivity (Wildman–Crippen MR) is 121 cm³/mol. The Balaban J connectivity index is 1.57. The monoisotopic (exact) mass is 471 g/mol. The van der Waals surface area contributed by atoms with E-state index in [2.05, 4.69) is 5.32 Å². The summed E-state index contributed by atoms with van der Waals surface area (Å²) < 4.78 is 18.6. The van der Waals surface area contributed by atoms with Crippen LogP contribution in [0.3, 0.4) is 0 Å². The Hall–Kier alpha value is -3.40. The number of amides is 4. The van der Waals surface area contributed by atoms with E-state index in [-0.39, 0.29) is 43.8 Å². The first-order chi connectivity index (χ1) is 16.4. The first-order valence-corrected chi connectivity index (χ1v) is 11.5. The van der Waals surface area contributed by atoms with E-state index >= 15 is 0 Å². The molecule has 1 aromatic heterocycles. The van der Waals surface area contributed by atoms with Crippen LogP contribution in [0.25, 0.3) is 0 Å². The fraction of sp³-hybridized carbons (Fsp3) is 0.458. The molecule has 182 valence electrons. The van der Waals surface area contributed by atoms with E-state index < -0.39 is 18.2 Å². The first kappa shape index (κ1) is 23.7. The van der Waals surface area contributed by atoms with Crippen molar-refractivity contribution >= 4 is 17.8 Å². The lowest BCUT2D eigenvalue weighted by molar-refractivity contribution is -0.188. The van der Waals surface area contributed by atoms with Gasteiger partial charge in [0, 0.05) is 13.6 Å². The number of nitrogens with zero attached hydrogens (tertiary/aromatic N) is 4. The fourth-order valence-electron chi connectivity index (χ4n) is 4.57. The molecule has 0 spiro atoms. The third-order valence-corrected chi connectivity index (χ3v) is 6.26. The molecule has 2 aromatic rings. The van der Waals surface area contributed by atoms with E-state index in [0.717, 1.165) is 18.4 Å². The van der Waals surface area contributed by atoms with Crippen LogP contribution in [-0.4, -0.2) is 70.0 Å². The van der Waals surface area contributed by atoms with Crippen molar-refractivity contribution in [3.63, 3.8) is 0 Å². The summed E-state index contributed by atoms with van der Waals surface area (Å²) in [4.78, 5) is 43.0. The highest BCUT2D eigenvalue weighted by molar-refractivity contribution is 5.91. The Bertz CT molecular complexity index is 1010. The third kappa shape index (κ3) is 4.91. The lowest BCUT2D eigenvalue weighted by Crippen LogP contribution is -2.75. The highest BCUT2D eigenvalue weighted by atomic mass is 19.1. The van der Waals surface area contributed by atoms with Crippen molar-refractivity contribution in [2.24, 2.45) is 0 Å². The second kappa shape index (κ2) is 10.3. The van der Waals surface area contributed by atoms with Crippen LogP contribution < -0.4 is 5.32 Å². The smallest absolute Gasteiger partial charge is 0.334 e. The number of furan rings is 1. The van der Waals surface area contributed by atoms with Gasteiger partial charge in [-0.05, 0) is 36.2 Å². The van der Waals surface area contributed by atoms with Gasteiger partial charge < -0.3 is 19.5 Å². The first-order valence-electron chi connectivity index (χ1n) is 11.5. The molecule has 10 heteroatoms. The number of hydrazine groups is 1. The van der Waals surface area contributed by atoms with Gasteiger partial charge in [-0.2, -0.15) is 0 Å². The molecule has 2 atom stereocenters. The maximum atomic E-state index is 13.4.